The van der Waals surface area contributed by atoms with E-state index in [1.54, 1.807) is 26.3 Å². The summed E-state index contributed by atoms with van der Waals surface area (Å²) in [5.41, 5.74) is 0.787. The van der Waals surface area contributed by atoms with E-state index < -0.39 is 0 Å². The van der Waals surface area contributed by atoms with Crippen LogP contribution in [-0.2, 0) is 6.54 Å². The molecule has 116 valence electrons. The maximum absolute atomic E-state index is 9.88. The minimum absolute atomic E-state index is 0.256. The molecule has 0 aliphatic carbocycles. The number of nitrogens with one attached hydrogen (secondary N) is 2. The average Bonchev–Trinajstić information content (AvgIpc) is 2.53. The van der Waals surface area contributed by atoms with Gasteiger partial charge in [0.25, 0.3) is 0 Å². The lowest BCUT2D eigenvalue weighted by Crippen LogP contribution is -2.45. The molecular formula is C15H23N3O2S. The van der Waals surface area contributed by atoms with Gasteiger partial charge in [0.05, 0.1) is 7.11 Å². The van der Waals surface area contributed by atoms with Crippen molar-refractivity contribution in [3.63, 3.8) is 0 Å². The number of hydrogen-bond donors (Lipinski definition) is 3. The predicted octanol–water partition coefficient (Wildman–Crippen LogP) is 1.96. The Morgan fingerprint density at radius 1 is 1.52 bits per heavy atom. The molecule has 1 fully saturated rings. The summed E-state index contributed by atoms with van der Waals surface area (Å²) in [6, 6.07) is 5.68. The molecule has 0 amide bonds. The van der Waals surface area contributed by atoms with Gasteiger partial charge in [0.2, 0.25) is 0 Å². The van der Waals surface area contributed by atoms with Gasteiger partial charge in [-0.3, -0.25) is 4.99 Å². The minimum Gasteiger partial charge on any atom is -0.508 e. The van der Waals surface area contributed by atoms with Crippen LogP contribution in [0.25, 0.3) is 0 Å². The molecule has 6 heteroatoms. The van der Waals surface area contributed by atoms with E-state index in [4.69, 9.17) is 4.74 Å². The molecule has 1 aliphatic rings. The molecule has 1 aliphatic heterocycles. The van der Waals surface area contributed by atoms with Gasteiger partial charge in [0.1, 0.15) is 11.5 Å². The number of methoxy groups -OCH3 is 1. The summed E-state index contributed by atoms with van der Waals surface area (Å²) < 4.78 is 5.18. The first-order valence-electron chi connectivity index (χ1n) is 7.13. The molecule has 3 N–H and O–H groups in total. The second-order valence-corrected chi connectivity index (χ2v) is 6.13. The summed E-state index contributed by atoms with van der Waals surface area (Å²) in [6.45, 7) is 0.503. The van der Waals surface area contributed by atoms with Gasteiger partial charge in [-0.25, -0.2) is 0 Å². The Hall–Kier alpha value is -1.56. The number of nitrogens with zero attached hydrogens (tertiary/aromatic N) is 1. The van der Waals surface area contributed by atoms with Crippen molar-refractivity contribution in [2.24, 2.45) is 4.99 Å². The molecule has 1 aromatic carbocycles. The zero-order valence-electron chi connectivity index (χ0n) is 12.6. The van der Waals surface area contributed by atoms with Gasteiger partial charge in [-0.15, -0.1) is 0 Å². The first-order valence-corrected chi connectivity index (χ1v) is 8.29. The average molecular weight is 309 g/mol. The van der Waals surface area contributed by atoms with Crippen molar-refractivity contribution in [2.45, 2.75) is 25.4 Å². The van der Waals surface area contributed by atoms with Crippen LogP contribution in [0.1, 0.15) is 18.4 Å². The summed E-state index contributed by atoms with van der Waals surface area (Å²) in [4.78, 5) is 4.24. The Morgan fingerprint density at radius 3 is 3.05 bits per heavy atom. The zero-order valence-corrected chi connectivity index (χ0v) is 13.4. The van der Waals surface area contributed by atoms with E-state index in [-0.39, 0.29) is 5.75 Å². The third-order valence-electron chi connectivity index (χ3n) is 3.46. The topological polar surface area (TPSA) is 65.9 Å². The van der Waals surface area contributed by atoms with Crippen molar-refractivity contribution >= 4 is 17.7 Å². The lowest BCUT2D eigenvalue weighted by molar-refractivity contribution is 0.410. The maximum Gasteiger partial charge on any atom is 0.191 e. The molecule has 21 heavy (non-hydrogen) atoms. The highest BCUT2D eigenvalue weighted by Crippen LogP contribution is 2.22. The van der Waals surface area contributed by atoms with E-state index >= 15 is 0 Å². The number of benzene rings is 1. The van der Waals surface area contributed by atoms with Gasteiger partial charge in [0, 0.05) is 31.0 Å². The summed E-state index contributed by atoms with van der Waals surface area (Å²) in [5.74, 6) is 4.13. The van der Waals surface area contributed by atoms with Crippen LogP contribution in [0.4, 0.5) is 0 Å². The van der Waals surface area contributed by atoms with Crippen molar-refractivity contribution < 1.29 is 9.84 Å². The number of hydrogen-bond acceptors (Lipinski definition) is 4. The van der Waals surface area contributed by atoms with E-state index in [0.29, 0.717) is 12.6 Å². The predicted molar refractivity (Wildman–Crippen MR) is 88.3 cm³/mol. The summed E-state index contributed by atoms with van der Waals surface area (Å²) >= 11 is 1.98. The normalized spacial score (nSPS) is 19.1. The standard InChI is InChI=1S/C15H23N3O2S/c1-16-15(18-12-4-3-7-21-10-12)17-9-11-8-13(20-2)5-6-14(11)19/h5-6,8,12,19H,3-4,7,9-10H2,1-2H3,(H2,16,17,18). The molecule has 0 saturated carbocycles. The van der Waals surface area contributed by atoms with Crippen molar-refractivity contribution in [2.75, 3.05) is 25.7 Å². The van der Waals surface area contributed by atoms with Crippen molar-refractivity contribution in [1.29, 1.82) is 0 Å². The summed E-state index contributed by atoms with van der Waals surface area (Å²) in [6.07, 6.45) is 2.42. The molecule has 1 atom stereocenters. The highest BCUT2D eigenvalue weighted by molar-refractivity contribution is 7.99. The monoisotopic (exact) mass is 309 g/mol. The Labute approximate surface area is 130 Å². The molecule has 2 rings (SSSR count). The summed E-state index contributed by atoms with van der Waals surface area (Å²) in [7, 11) is 3.38. The number of aromatic hydroxyl groups is 1. The Kier molecular flexibility index (Phi) is 6.04. The van der Waals surface area contributed by atoms with Crippen molar-refractivity contribution in [1.82, 2.24) is 10.6 Å². The van der Waals surface area contributed by atoms with Gasteiger partial charge in [-0.1, -0.05) is 0 Å². The van der Waals surface area contributed by atoms with Crippen LogP contribution in [0.3, 0.4) is 0 Å². The van der Waals surface area contributed by atoms with Crippen LogP contribution < -0.4 is 15.4 Å². The molecule has 1 aromatic rings. The van der Waals surface area contributed by atoms with Crippen molar-refractivity contribution in [3.05, 3.63) is 23.8 Å². The smallest absolute Gasteiger partial charge is 0.191 e. The zero-order chi connectivity index (χ0) is 15.1. The van der Waals surface area contributed by atoms with Crippen molar-refractivity contribution in [3.8, 4) is 11.5 Å². The first-order chi connectivity index (χ1) is 10.2. The van der Waals surface area contributed by atoms with Gasteiger partial charge >= 0.3 is 0 Å². The minimum atomic E-state index is 0.256. The molecule has 0 aromatic heterocycles. The SMILES string of the molecule is CN=C(NCc1cc(OC)ccc1O)NC1CCCSC1. The fourth-order valence-corrected chi connectivity index (χ4v) is 3.32. The molecule has 1 unspecified atom stereocenters. The van der Waals surface area contributed by atoms with E-state index in [9.17, 15) is 5.11 Å². The lowest BCUT2D eigenvalue weighted by Gasteiger charge is -2.24. The Bertz CT molecular complexity index is 488. The number of phenolic OH excluding ortho intramolecular Hbond substituents is 1. The number of rotatable bonds is 4. The van der Waals surface area contributed by atoms with E-state index in [0.717, 1.165) is 23.0 Å². The number of thioether (sulfide) groups is 1. The number of guanidine groups is 1. The van der Waals surface area contributed by atoms with E-state index in [1.807, 2.05) is 17.8 Å². The molecule has 0 spiro atoms. The third kappa shape index (κ3) is 4.74. The van der Waals surface area contributed by atoms with Crippen LogP contribution in [0.2, 0.25) is 0 Å². The largest absolute Gasteiger partial charge is 0.508 e. The van der Waals surface area contributed by atoms with Crippen LogP contribution in [0, 0.1) is 0 Å². The second-order valence-electron chi connectivity index (χ2n) is 4.98. The molecule has 0 radical (unpaired) electrons. The summed E-state index contributed by atoms with van der Waals surface area (Å²) in [5, 5.41) is 16.5. The third-order valence-corrected chi connectivity index (χ3v) is 4.67. The van der Waals surface area contributed by atoms with Gasteiger partial charge in [-0.05, 0) is 36.8 Å². The van der Waals surface area contributed by atoms with E-state index in [1.165, 1.54) is 18.6 Å². The van der Waals surface area contributed by atoms with Crippen LogP contribution in [-0.4, -0.2) is 42.8 Å². The second kappa shape index (κ2) is 8.02. The Balaban J connectivity index is 1.90. The first kappa shape index (κ1) is 15.8. The van der Waals surface area contributed by atoms with E-state index in [2.05, 4.69) is 15.6 Å². The van der Waals surface area contributed by atoms with Crippen LogP contribution >= 0.6 is 11.8 Å². The quantitative estimate of drug-likeness (QED) is 0.586. The molecular weight excluding hydrogens is 286 g/mol. The van der Waals surface area contributed by atoms with Crippen LogP contribution in [0.5, 0.6) is 11.5 Å². The molecule has 1 heterocycles. The fraction of sp³-hybridized carbons (Fsp3) is 0.533. The molecule has 1 saturated heterocycles. The highest BCUT2D eigenvalue weighted by Gasteiger charge is 2.15. The lowest BCUT2D eigenvalue weighted by atomic mass is 10.2. The van der Waals surface area contributed by atoms with Crippen LogP contribution in [0.15, 0.2) is 23.2 Å². The fourth-order valence-electron chi connectivity index (χ4n) is 2.25. The number of phenols is 1. The maximum atomic E-state index is 9.88. The van der Waals surface area contributed by atoms with Gasteiger partial charge in [0.15, 0.2) is 5.96 Å². The Morgan fingerprint density at radius 2 is 2.38 bits per heavy atom. The highest BCUT2D eigenvalue weighted by atomic mass is 32.2. The number of ether oxygens (including phenoxy) is 1. The number of aliphatic imine (C=N–C) groups is 1. The molecule has 0 bridgehead atoms. The molecule has 5 nitrogen and oxygen atoms in total. The van der Waals surface area contributed by atoms with Gasteiger partial charge in [-0.2, -0.15) is 11.8 Å². The van der Waals surface area contributed by atoms with Gasteiger partial charge < -0.3 is 20.5 Å².